The van der Waals surface area contributed by atoms with Gasteiger partial charge in [0.15, 0.2) is 5.75 Å². The molecule has 0 spiro atoms. The van der Waals surface area contributed by atoms with Crippen LogP contribution in [0, 0.1) is 16.7 Å². The zero-order valence-corrected chi connectivity index (χ0v) is 14.2. The Balaban J connectivity index is 2.04. The van der Waals surface area contributed by atoms with Crippen LogP contribution in [-0.2, 0) is 6.54 Å². The summed E-state index contributed by atoms with van der Waals surface area (Å²) in [6.45, 7) is 7.23. The molecule has 0 amide bonds. The van der Waals surface area contributed by atoms with Crippen LogP contribution in [0.1, 0.15) is 26.3 Å². The first kappa shape index (κ1) is 16.6. The molecule has 0 bridgehead atoms. The van der Waals surface area contributed by atoms with Crippen LogP contribution in [0.15, 0.2) is 36.8 Å². The average Bonchev–Trinajstić information content (AvgIpc) is 3.10. The molecule has 0 fully saturated rings. The highest BCUT2D eigenvalue weighted by molar-refractivity contribution is 5.88. The van der Waals surface area contributed by atoms with Crippen LogP contribution in [0.2, 0.25) is 0 Å². The number of benzene rings is 1. The molecule has 1 aromatic carbocycles. The lowest BCUT2D eigenvalue weighted by molar-refractivity contribution is 0.144. The Bertz CT molecular complexity index is 986. The van der Waals surface area contributed by atoms with Gasteiger partial charge in [0.2, 0.25) is 0 Å². The number of nitrogens with zero attached hydrogens (tertiary/aromatic N) is 4. The number of carboxylic acid groups (broad SMARTS) is 1. The van der Waals surface area contributed by atoms with E-state index in [0.717, 1.165) is 23.1 Å². The summed E-state index contributed by atoms with van der Waals surface area (Å²) < 4.78 is 8.18. The van der Waals surface area contributed by atoms with E-state index in [0.29, 0.717) is 5.56 Å². The fourth-order valence-corrected chi connectivity index (χ4v) is 2.76. The van der Waals surface area contributed by atoms with Crippen LogP contribution in [0.5, 0.6) is 5.75 Å². The molecule has 2 heterocycles. The van der Waals surface area contributed by atoms with E-state index in [1.165, 1.54) is 17.1 Å². The van der Waals surface area contributed by atoms with Gasteiger partial charge in [0.25, 0.3) is 0 Å². The van der Waals surface area contributed by atoms with E-state index in [1.807, 2.05) is 24.4 Å². The van der Waals surface area contributed by atoms with Crippen LogP contribution in [-0.4, -0.2) is 25.6 Å². The number of hydrogen-bond acceptors (Lipinski definition) is 4. The molecule has 7 heteroatoms. The number of nitriles is 1. The van der Waals surface area contributed by atoms with Gasteiger partial charge in [-0.15, -0.1) is 0 Å². The number of fused-ring (bicyclic) bond motifs is 1. The number of ether oxygens (including phenoxy) is 1. The SMILES string of the molecule is CC(C)(C)Cn1cc(C#N)c2cc(-n3cc(OC(=O)O)cn3)ccc21. The van der Waals surface area contributed by atoms with Crippen LogP contribution in [0.25, 0.3) is 16.6 Å². The maximum absolute atomic E-state index is 10.6. The quantitative estimate of drug-likeness (QED) is 0.733. The Morgan fingerprint density at radius 3 is 2.76 bits per heavy atom. The van der Waals surface area contributed by atoms with Crippen molar-refractivity contribution < 1.29 is 14.6 Å². The Morgan fingerprint density at radius 1 is 1.36 bits per heavy atom. The van der Waals surface area contributed by atoms with Gasteiger partial charge in [0, 0.05) is 23.6 Å². The summed E-state index contributed by atoms with van der Waals surface area (Å²) in [5.41, 5.74) is 2.37. The zero-order chi connectivity index (χ0) is 18.2. The van der Waals surface area contributed by atoms with Crippen molar-refractivity contribution in [3.05, 3.63) is 42.4 Å². The number of carbonyl (C=O) groups is 1. The second-order valence-corrected chi connectivity index (χ2v) is 7.03. The maximum Gasteiger partial charge on any atom is 0.511 e. The first-order valence-electron chi connectivity index (χ1n) is 7.76. The summed E-state index contributed by atoms with van der Waals surface area (Å²) in [5, 5.41) is 23.0. The molecule has 128 valence electrons. The summed E-state index contributed by atoms with van der Waals surface area (Å²) in [4.78, 5) is 10.6. The van der Waals surface area contributed by atoms with Crippen molar-refractivity contribution in [2.24, 2.45) is 5.41 Å². The zero-order valence-electron chi connectivity index (χ0n) is 14.2. The van der Waals surface area contributed by atoms with Crippen molar-refractivity contribution in [1.29, 1.82) is 5.26 Å². The summed E-state index contributed by atoms with van der Waals surface area (Å²) in [7, 11) is 0. The van der Waals surface area contributed by atoms with Crippen LogP contribution >= 0.6 is 0 Å². The molecule has 0 aliphatic carbocycles. The predicted molar refractivity (Wildman–Crippen MR) is 91.9 cm³/mol. The number of aromatic nitrogens is 3. The van der Waals surface area contributed by atoms with Crippen molar-refractivity contribution in [3.8, 4) is 17.5 Å². The molecule has 3 rings (SSSR count). The third-order valence-corrected chi connectivity index (χ3v) is 3.66. The van der Waals surface area contributed by atoms with Gasteiger partial charge in [-0.1, -0.05) is 20.8 Å². The minimum atomic E-state index is -1.39. The molecule has 2 aromatic heterocycles. The summed E-state index contributed by atoms with van der Waals surface area (Å²) >= 11 is 0. The molecule has 7 nitrogen and oxygen atoms in total. The van der Waals surface area contributed by atoms with E-state index in [9.17, 15) is 10.1 Å². The van der Waals surface area contributed by atoms with E-state index < -0.39 is 6.16 Å². The van der Waals surface area contributed by atoms with Crippen LogP contribution < -0.4 is 4.74 Å². The fourth-order valence-electron chi connectivity index (χ4n) is 2.76. The lowest BCUT2D eigenvalue weighted by atomic mass is 9.97. The molecule has 0 radical (unpaired) electrons. The standard InChI is InChI=1S/C18H18N4O3/c1-18(2,3)11-21-9-12(7-19)15-6-13(4-5-16(15)21)22-10-14(8-20-22)25-17(23)24/h4-6,8-10H,11H2,1-3H3,(H,23,24). The minimum absolute atomic E-state index is 0.0857. The smallest absolute Gasteiger partial charge is 0.449 e. The van der Waals surface area contributed by atoms with Gasteiger partial charge in [-0.3, -0.25) is 0 Å². The molecule has 0 aliphatic rings. The Hall–Kier alpha value is -3.27. The summed E-state index contributed by atoms with van der Waals surface area (Å²) in [6, 6.07) is 7.92. The van der Waals surface area contributed by atoms with Gasteiger partial charge in [-0.25, -0.2) is 9.48 Å². The highest BCUT2D eigenvalue weighted by Crippen LogP contribution is 2.27. The van der Waals surface area contributed by atoms with Gasteiger partial charge in [-0.05, 0) is 23.6 Å². The molecule has 1 N–H and O–H groups in total. The maximum atomic E-state index is 10.6. The molecular formula is C18H18N4O3. The highest BCUT2D eigenvalue weighted by Gasteiger charge is 2.16. The second kappa shape index (κ2) is 5.98. The number of rotatable bonds is 3. The first-order chi connectivity index (χ1) is 11.8. The van der Waals surface area contributed by atoms with E-state index in [4.69, 9.17) is 5.11 Å². The molecule has 0 atom stereocenters. The fraction of sp³-hybridized carbons (Fsp3) is 0.278. The molecule has 25 heavy (non-hydrogen) atoms. The molecule has 3 aromatic rings. The molecule has 0 aliphatic heterocycles. The highest BCUT2D eigenvalue weighted by atomic mass is 16.7. The largest absolute Gasteiger partial charge is 0.511 e. The van der Waals surface area contributed by atoms with Crippen molar-refractivity contribution in [2.75, 3.05) is 0 Å². The van der Waals surface area contributed by atoms with Gasteiger partial charge >= 0.3 is 6.16 Å². The Kier molecular flexibility index (Phi) is 3.97. The topological polar surface area (TPSA) is 93.1 Å². The third kappa shape index (κ3) is 3.48. The first-order valence-corrected chi connectivity index (χ1v) is 7.76. The van der Waals surface area contributed by atoms with Crippen molar-refractivity contribution >= 4 is 17.1 Å². The second-order valence-electron chi connectivity index (χ2n) is 7.03. The predicted octanol–water partition coefficient (Wildman–Crippen LogP) is 3.80. The van der Waals surface area contributed by atoms with Crippen molar-refractivity contribution in [3.63, 3.8) is 0 Å². The van der Waals surface area contributed by atoms with Gasteiger partial charge in [-0.2, -0.15) is 10.4 Å². The monoisotopic (exact) mass is 338 g/mol. The van der Waals surface area contributed by atoms with E-state index >= 15 is 0 Å². The Morgan fingerprint density at radius 2 is 2.12 bits per heavy atom. The molecule has 0 unspecified atom stereocenters. The van der Waals surface area contributed by atoms with Gasteiger partial charge < -0.3 is 14.4 Å². The van der Waals surface area contributed by atoms with Gasteiger partial charge in [0.05, 0.1) is 23.6 Å². The normalized spacial score (nSPS) is 11.4. The summed E-state index contributed by atoms with van der Waals surface area (Å²) in [6.07, 6.45) is 3.28. The van der Waals surface area contributed by atoms with E-state index in [2.05, 4.69) is 41.2 Å². The lowest BCUT2D eigenvalue weighted by Gasteiger charge is -2.19. The molecular weight excluding hydrogens is 320 g/mol. The van der Waals surface area contributed by atoms with E-state index in [1.54, 1.807) is 0 Å². The minimum Gasteiger partial charge on any atom is -0.449 e. The van der Waals surface area contributed by atoms with Crippen LogP contribution in [0.4, 0.5) is 4.79 Å². The van der Waals surface area contributed by atoms with E-state index in [-0.39, 0.29) is 11.2 Å². The number of hydrogen-bond donors (Lipinski definition) is 1. The average molecular weight is 338 g/mol. The third-order valence-electron chi connectivity index (χ3n) is 3.66. The molecule has 0 saturated carbocycles. The summed E-state index contributed by atoms with van der Waals surface area (Å²) in [5.74, 6) is 0.137. The Labute approximate surface area is 144 Å². The molecule has 0 saturated heterocycles. The van der Waals surface area contributed by atoms with Crippen molar-refractivity contribution in [2.45, 2.75) is 27.3 Å². The lowest BCUT2D eigenvalue weighted by Crippen LogP contribution is -2.14. The van der Waals surface area contributed by atoms with Crippen molar-refractivity contribution in [1.82, 2.24) is 14.3 Å². The van der Waals surface area contributed by atoms with Gasteiger partial charge in [0.1, 0.15) is 6.07 Å². The van der Waals surface area contributed by atoms with Crippen LogP contribution in [0.3, 0.4) is 0 Å².